The molecule has 8 heteroatoms. The number of ether oxygens (including phenoxy) is 2. The Hall–Kier alpha value is -2.74. The third-order valence-corrected chi connectivity index (χ3v) is 4.70. The molecule has 2 aromatic carbocycles. The van der Waals surface area contributed by atoms with E-state index in [4.69, 9.17) is 9.47 Å². The number of para-hydroxylation sites is 1. The standard InChI is InChI=1S/C19H20N2O5S/c22-19(26-12-14-6-8-15(9-7-14)21(23)24)20-11-18(27)10-16(20)13-25-17-4-2-1-3-5-17/h1-9,16,18,27H,10-13H2. The first-order valence-corrected chi connectivity index (χ1v) is 9.07. The average Bonchev–Trinajstić information content (AvgIpc) is 3.06. The van der Waals surface area contributed by atoms with Gasteiger partial charge in [0.2, 0.25) is 0 Å². The molecular weight excluding hydrogens is 368 g/mol. The summed E-state index contributed by atoms with van der Waals surface area (Å²) in [6, 6.07) is 15.2. The third kappa shape index (κ3) is 5.13. The van der Waals surface area contributed by atoms with Crippen LogP contribution in [-0.4, -0.2) is 40.4 Å². The van der Waals surface area contributed by atoms with Crippen LogP contribution in [0.2, 0.25) is 0 Å². The summed E-state index contributed by atoms with van der Waals surface area (Å²) in [5, 5.41) is 10.7. The van der Waals surface area contributed by atoms with Gasteiger partial charge in [-0.2, -0.15) is 12.6 Å². The Morgan fingerprint density at radius 2 is 1.89 bits per heavy atom. The van der Waals surface area contributed by atoms with Crippen LogP contribution in [0.5, 0.6) is 5.75 Å². The number of carbonyl (C=O) groups excluding carboxylic acids is 1. The number of nitro groups is 1. The molecule has 1 amide bonds. The van der Waals surface area contributed by atoms with Crippen molar-refractivity contribution in [2.24, 2.45) is 0 Å². The van der Waals surface area contributed by atoms with Gasteiger partial charge in [0.1, 0.15) is 19.0 Å². The molecular formula is C19H20N2O5S. The van der Waals surface area contributed by atoms with E-state index in [9.17, 15) is 14.9 Å². The van der Waals surface area contributed by atoms with E-state index in [1.807, 2.05) is 30.3 Å². The van der Waals surface area contributed by atoms with Crippen LogP contribution in [0.25, 0.3) is 0 Å². The highest BCUT2D eigenvalue weighted by Gasteiger charge is 2.35. The van der Waals surface area contributed by atoms with E-state index < -0.39 is 11.0 Å². The van der Waals surface area contributed by atoms with Crippen LogP contribution < -0.4 is 4.74 Å². The van der Waals surface area contributed by atoms with E-state index in [0.717, 1.165) is 12.2 Å². The van der Waals surface area contributed by atoms with Crippen LogP contribution in [0.15, 0.2) is 54.6 Å². The van der Waals surface area contributed by atoms with Crippen molar-refractivity contribution in [2.45, 2.75) is 24.3 Å². The first-order chi connectivity index (χ1) is 13.0. The molecule has 0 bridgehead atoms. The Kier molecular flexibility index (Phi) is 6.18. The minimum atomic E-state index is -0.468. The second-order valence-corrected chi connectivity index (χ2v) is 7.03. The fraction of sp³-hybridized carbons (Fsp3) is 0.316. The van der Waals surface area contributed by atoms with Gasteiger partial charge in [0.05, 0.1) is 11.0 Å². The largest absolute Gasteiger partial charge is 0.491 e. The summed E-state index contributed by atoms with van der Waals surface area (Å²) in [5.41, 5.74) is 0.688. The van der Waals surface area contributed by atoms with Crippen molar-refractivity contribution < 1.29 is 19.2 Å². The highest BCUT2D eigenvalue weighted by atomic mass is 32.1. The van der Waals surface area contributed by atoms with Gasteiger partial charge in [-0.3, -0.25) is 10.1 Å². The first-order valence-electron chi connectivity index (χ1n) is 8.55. The van der Waals surface area contributed by atoms with Gasteiger partial charge in [-0.1, -0.05) is 18.2 Å². The number of non-ortho nitro benzene ring substituents is 1. The molecule has 1 saturated heterocycles. The van der Waals surface area contributed by atoms with E-state index in [1.54, 1.807) is 17.0 Å². The number of likely N-dealkylation sites (tertiary alicyclic amines) is 1. The van der Waals surface area contributed by atoms with E-state index in [-0.39, 0.29) is 23.6 Å². The number of benzene rings is 2. The second kappa shape index (κ2) is 8.77. The van der Waals surface area contributed by atoms with Crippen molar-refractivity contribution in [3.05, 3.63) is 70.3 Å². The van der Waals surface area contributed by atoms with Gasteiger partial charge in [-0.25, -0.2) is 4.79 Å². The number of amides is 1. The van der Waals surface area contributed by atoms with Crippen molar-refractivity contribution in [3.63, 3.8) is 0 Å². The Labute approximate surface area is 162 Å². The summed E-state index contributed by atoms with van der Waals surface area (Å²) in [7, 11) is 0. The Morgan fingerprint density at radius 1 is 1.19 bits per heavy atom. The van der Waals surface area contributed by atoms with Crippen LogP contribution in [0.4, 0.5) is 10.5 Å². The molecule has 0 saturated carbocycles. The maximum Gasteiger partial charge on any atom is 0.410 e. The fourth-order valence-electron chi connectivity index (χ4n) is 2.92. The lowest BCUT2D eigenvalue weighted by molar-refractivity contribution is -0.384. The molecule has 3 rings (SSSR count). The van der Waals surface area contributed by atoms with Crippen LogP contribution in [0.1, 0.15) is 12.0 Å². The smallest absolute Gasteiger partial charge is 0.410 e. The van der Waals surface area contributed by atoms with Gasteiger partial charge in [-0.15, -0.1) is 0 Å². The molecule has 0 N–H and O–H groups in total. The van der Waals surface area contributed by atoms with Crippen molar-refractivity contribution in [2.75, 3.05) is 13.2 Å². The Morgan fingerprint density at radius 3 is 2.56 bits per heavy atom. The number of nitrogens with zero attached hydrogens (tertiary/aromatic N) is 2. The quantitative estimate of drug-likeness (QED) is 0.464. The van der Waals surface area contributed by atoms with Gasteiger partial charge in [0.25, 0.3) is 5.69 Å². The fourth-order valence-corrected chi connectivity index (χ4v) is 3.34. The minimum Gasteiger partial charge on any atom is -0.491 e. The van der Waals surface area contributed by atoms with E-state index in [0.29, 0.717) is 18.7 Å². The number of hydrogen-bond acceptors (Lipinski definition) is 6. The number of thiol groups is 1. The summed E-state index contributed by atoms with van der Waals surface area (Å²) < 4.78 is 11.1. The van der Waals surface area contributed by atoms with Crippen molar-refractivity contribution >= 4 is 24.4 Å². The average molecular weight is 388 g/mol. The van der Waals surface area contributed by atoms with Gasteiger partial charge in [-0.05, 0) is 36.2 Å². The highest BCUT2D eigenvalue weighted by molar-refractivity contribution is 7.81. The number of nitro benzene ring substituents is 1. The molecule has 2 atom stereocenters. The van der Waals surface area contributed by atoms with Crippen LogP contribution in [0, 0.1) is 10.1 Å². The van der Waals surface area contributed by atoms with Crippen LogP contribution in [-0.2, 0) is 11.3 Å². The zero-order chi connectivity index (χ0) is 19.2. The lowest BCUT2D eigenvalue weighted by Crippen LogP contribution is -2.39. The topological polar surface area (TPSA) is 81.9 Å². The molecule has 1 aliphatic rings. The molecule has 27 heavy (non-hydrogen) atoms. The summed E-state index contributed by atoms with van der Waals surface area (Å²) in [6.45, 7) is 0.912. The molecule has 7 nitrogen and oxygen atoms in total. The van der Waals surface area contributed by atoms with E-state index in [2.05, 4.69) is 12.6 Å². The predicted octanol–water partition coefficient (Wildman–Crippen LogP) is 3.68. The second-order valence-electron chi connectivity index (χ2n) is 6.30. The van der Waals surface area contributed by atoms with Gasteiger partial charge < -0.3 is 14.4 Å². The lowest BCUT2D eigenvalue weighted by Gasteiger charge is -2.24. The molecule has 142 valence electrons. The predicted molar refractivity (Wildman–Crippen MR) is 103 cm³/mol. The monoisotopic (exact) mass is 388 g/mol. The number of rotatable bonds is 6. The molecule has 2 unspecified atom stereocenters. The maximum absolute atomic E-state index is 12.5. The van der Waals surface area contributed by atoms with E-state index in [1.165, 1.54) is 12.1 Å². The Bertz CT molecular complexity index is 784. The molecule has 0 spiro atoms. The summed E-state index contributed by atoms with van der Waals surface area (Å²) in [5.74, 6) is 0.749. The third-order valence-electron chi connectivity index (χ3n) is 4.32. The number of carbonyl (C=O) groups is 1. The van der Waals surface area contributed by atoms with Crippen molar-refractivity contribution in [1.82, 2.24) is 4.90 Å². The van der Waals surface area contributed by atoms with Gasteiger partial charge in [0.15, 0.2) is 0 Å². The molecule has 2 aromatic rings. The molecule has 1 heterocycles. The summed E-state index contributed by atoms with van der Waals surface area (Å²) in [4.78, 5) is 24.3. The van der Waals surface area contributed by atoms with E-state index >= 15 is 0 Å². The van der Waals surface area contributed by atoms with Crippen LogP contribution >= 0.6 is 12.6 Å². The normalized spacial score (nSPS) is 18.9. The molecule has 0 aliphatic carbocycles. The van der Waals surface area contributed by atoms with Crippen molar-refractivity contribution in [3.8, 4) is 5.75 Å². The molecule has 1 fully saturated rings. The zero-order valence-electron chi connectivity index (χ0n) is 14.6. The molecule has 0 aromatic heterocycles. The number of hydrogen-bond donors (Lipinski definition) is 1. The van der Waals surface area contributed by atoms with Gasteiger partial charge >= 0.3 is 6.09 Å². The lowest BCUT2D eigenvalue weighted by atomic mass is 10.2. The maximum atomic E-state index is 12.5. The molecule has 1 aliphatic heterocycles. The molecule has 0 radical (unpaired) electrons. The van der Waals surface area contributed by atoms with Gasteiger partial charge in [0, 0.05) is 23.9 Å². The highest BCUT2D eigenvalue weighted by Crippen LogP contribution is 2.24. The van der Waals surface area contributed by atoms with Crippen LogP contribution in [0.3, 0.4) is 0 Å². The SMILES string of the molecule is O=C(OCc1ccc([N+](=O)[O-])cc1)N1CC(S)CC1COc1ccccc1. The summed E-state index contributed by atoms with van der Waals surface area (Å²) >= 11 is 4.49. The van der Waals surface area contributed by atoms with Crippen molar-refractivity contribution in [1.29, 1.82) is 0 Å². The minimum absolute atomic E-state index is 0.000611. The first kappa shape index (κ1) is 19.0. The zero-order valence-corrected chi connectivity index (χ0v) is 15.5. The summed E-state index contributed by atoms with van der Waals surface area (Å²) in [6.07, 6.45) is 0.286. The Balaban J connectivity index is 1.54.